The van der Waals surface area contributed by atoms with Crippen LogP contribution in [0.4, 0.5) is 11.7 Å². The molecule has 6 nitrogen and oxygen atoms in total. The fraction of sp³-hybridized carbons (Fsp3) is 0.107. The number of hydrogen-bond acceptors (Lipinski definition) is 6. The molecule has 0 aliphatic carbocycles. The highest BCUT2D eigenvalue weighted by molar-refractivity contribution is 5.89. The van der Waals surface area contributed by atoms with Gasteiger partial charge in [-0.2, -0.15) is 5.26 Å². The Kier molecular flexibility index (Phi) is 5.91. The minimum absolute atomic E-state index is 0.297. The smallest absolute Gasteiger partial charge is 0.258 e. The Labute approximate surface area is 197 Å². The molecule has 0 atom stereocenters. The van der Waals surface area contributed by atoms with E-state index < -0.39 is 0 Å². The quantitative estimate of drug-likeness (QED) is 0.291. The van der Waals surface area contributed by atoms with Gasteiger partial charge in [-0.05, 0) is 24.1 Å². The van der Waals surface area contributed by atoms with Crippen molar-refractivity contribution in [3.8, 4) is 34.4 Å². The minimum atomic E-state index is 0.297. The second-order valence-electron chi connectivity index (χ2n) is 7.69. The molecule has 3 aromatic carbocycles. The summed E-state index contributed by atoms with van der Waals surface area (Å²) in [5, 5.41) is 13.4. The van der Waals surface area contributed by atoms with Crippen molar-refractivity contribution in [2.45, 2.75) is 13.3 Å². The molecule has 0 amide bonds. The predicted molar refractivity (Wildman–Crippen MR) is 133 cm³/mol. The topological polar surface area (TPSA) is 84.0 Å². The van der Waals surface area contributed by atoms with Crippen LogP contribution >= 0.6 is 0 Å². The first-order valence-corrected chi connectivity index (χ1v) is 11.1. The number of para-hydroxylation sites is 2. The number of nitriles is 1. The number of ether oxygens (including phenoxy) is 1. The highest BCUT2D eigenvalue weighted by atomic mass is 16.5. The molecule has 166 valence electrons. The van der Waals surface area contributed by atoms with Gasteiger partial charge in [-0.15, -0.1) is 0 Å². The van der Waals surface area contributed by atoms with Crippen LogP contribution in [0.1, 0.15) is 18.9 Å². The van der Waals surface area contributed by atoms with Gasteiger partial charge in [0.2, 0.25) is 5.88 Å². The normalized spacial score (nSPS) is 10.7. The Balaban J connectivity index is 1.68. The predicted octanol–water partition coefficient (Wildman–Crippen LogP) is 6.96. The Hall–Kier alpha value is -4.63. The summed E-state index contributed by atoms with van der Waals surface area (Å²) >= 11 is 0. The number of aromatic nitrogens is 2. The molecule has 2 heterocycles. The van der Waals surface area contributed by atoms with E-state index in [1.54, 1.807) is 0 Å². The molecule has 0 fully saturated rings. The summed E-state index contributed by atoms with van der Waals surface area (Å²) in [6.07, 6.45) is 0.828. The number of nitrogens with zero attached hydrogens (tertiary/aromatic N) is 3. The summed E-state index contributed by atoms with van der Waals surface area (Å²) in [5.74, 6) is 1.67. The van der Waals surface area contributed by atoms with Crippen molar-refractivity contribution in [2.24, 2.45) is 0 Å². The molecule has 1 N–H and O–H groups in total. The Morgan fingerprint density at radius 2 is 1.47 bits per heavy atom. The standard InChI is InChI=1S/C28H22N4O2/c1-2-17-33-28-26(30-22-15-9-10-16-23(22)31-28)32-27-21(18-29)24(19-11-5-3-6-12-19)25(34-27)20-13-7-4-8-14-20/h3-16H,2,17H2,1H3,(H,30,32). The van der Waals surface area contributed by atoms with E-state index in [0.29, 0.717) is 41.0 Å². The Bertz CT molecular complexity index is 1470. The fourth-order valence-corrected chi connectivity index (χ4v) is 3.77. The molecule has 2 aromatic heterocycles. The number of nitrogens with one attached hydrogen (secondary N) is 1. The second-order valence-corrected chi connectivity index (χ2v) is 7.69. The van der Waals surface area contributed by atoms with Crippen LogP contribution in [0.5, 0.6) is 5.88 Å². The first-order valence-electron chi connectivity index (χ1n) is 11.1. The average molecular weight is 447 g/mol. The zero-order valence-corrected chi connectivity index (χ0v) is 18.7. The zero-order valence-electron chi connectivity index (χ0n) is 18.7. The van der Waals surface area contributed by atoms with Gasteiger partial charge in [0.05, 0.1) is 17.6 Å². The van der Waals surface area contributed by atoms with E-state index in [2.05, 4.69) is 16.4 Å². The van der Waals surface area contributed by atoms with Gasteiger partial charge in [0.15, 0.2) is 5.82 Å². The molecule has 6 heteroatoms. The second kappa shape index (κ2) is 9.47. The monoisotopic (exact) mass is 446 g/mol. The molecule has 0 spiro atoms. The van der Waals surface area contributed by atoms with Crippen molar-refractivity contribution in [3.63, 3.8) is 0 Å². The number of rotatable bonds is 7. The van der Waals surface area contributed by atoms with Crippen LogP contribution in [0.15, 0.2) is 89.3 Å². The van der Waals surface area contributed by atoms with E-state index in [1.165, 1.54) is 0 Å². The zero-order chi connectivity index (χ0) is 23.3. The first kappa shape index (κ1) is 21.2. The van der Waals surface area contributed by atoms with Gasteiger partial charge < -0.3 is 14.5 Å². The molecular weight excluding hydrogens is 424 g/mol. The van der Waals surface area contributed by atoms with Crippen molar-refractivity contribution < 1.29 is 9.15 Å². The van der Waals surface area contributed by atoms with Gasteiger partial charge in [0, 0.05) is 11.1 Å². The van der Waals surface area contributed by atoms with Gasteiger partial charge in [-0.1, -0.05) is 79.7 Å². The average Bonchev–Trinajstić information content (AvgIpc) is 3.26. The Morgan fingerprint density at radius 1 is 0.853 bits per heavy atom. The van der Waals surface area contributed by atoms with Crippen LogP contribution < -0.4 is 10.1 Å². The lowest BCUT2D eigenvalue weighted by molar-refractivity contribution is 0.307. The number of furan rings is 1. The largest absolute Gasteiger partial charge is 0.475 e. The minimum Gasteiger partial charge on any atom is -0.475 e. The third-order valence-corrected chi connectivity index (χ3v) is 5.33. The number of benzene rings is 3. The summed E-state index contributed by atoms with van der Waals surface area (Å²) in [6.45, 7) is 2.52. The molecule has 5 rings (SSSR count). The number of hydrogen-bond donors (Lipinski definition) is 1. The van der Waals surface area contributed by atoms with E-state index in [-0.39, 0.29) is 0 Å². The number of anilines is 2. The van der Waals surface area contributed by atoms with Crippen molar-refractivity contribution in [1.82, 2.24) is 9.97 Å². The SMILES string of the molecule is CCCOc1nc2ccccc2nc1Nc1oc(-c2ccccc2)c(-c2ccccc2)c1C#N. The summed E-state index contributed by atoms with van der Waals surface area (Å²) in [4.78, 5) is 9.35. The number of fused-ring (bicyclic) bond motifs is 1. The fourth-order valence-electron chi connectivity index (χ4n) is 3.77. The lowest BCUT2D eigenvalue weighted by Crippen LogP contribution is -2.04. The van der Waals surface area contributed by atoms with E-state index in [0.717, 1.165) is 28.6 Å². The van der Waals surface area contributed by atoms with Crippen LogP contribution in [-0.4, -0.2) is 16.6 Å². The molecule has 0 unspecified atom stereocenters. The first-order chi connectivity index (χ1) is 16.8. The highest BCUT2D eigenvalue weighted by Gasteiger charge is 2.24. The third kappa shape index (κ3) is 4.07. The molecule has 34 heavy (non-hydrogen) atoms. The summed E-state index contributed by atoms with van der Waals surface area (Å²) in [7, 11) is 0. The van der Waals surface area contributed by atoms with Gasteiger partial charge in [-0.25, -0.2) is 9.97 Å². The van der Waals surface area contributed by atoms with Crippen molar-refractivity contribution >= 4 is 22.7 Å². The third-order valence-electron chi connectivity index (χ3n) is 5.33. The van der Waals surface area contributed by atoms with Crippen LogP contribution in [0.25, 0.3) is 33.5 Å². The van der Waals surface area contributed by atoms with Gasteiger partial charge in [0.25, 0.3) is 5.88 Å². The maximum Gasteiger partial charge on any atom is 0.258 e. The van der Waals surface area contributed by atoms with Crippen LogP contribution in [0, 0.1) is 11.3 Å². The summed E-state index contributed by atoms with van der Waals surface area (Å²) < 4.78 is 12.2. The molecular formula is C28H22N4O2. The maximum absolute atomic E-state index is 10.2. The molecule has 0 radical (unpaired) electrons. The van der Waals surface area contributed by atoms with E-state index in [9.17, 15) is 5.26 Å². The maximum atomic E-state index is 10.2. The summed E-state index contributed by atoms with van der Waals surface area (Å²) in [6, 6.07) is 29.4. The van der Waals surface area contributed by atoms with E-state index >= 15 is 0 Å². The molecule has 0 aliphatic rings. The lowest BCUT2D eigenvalue weighted by Gasteiger charge is -2.11. The van der Waals surface area contributed by atoms with Crippen molar-refractivity contribution in [1.29, 1.82) is 5.26 Å². The lowest BCUT2D eigenvalue weighted by atomic mass is 9.98. The summed E-state index contributed by atoms with van der Waals surface area (Å²) in [5.41, 5.74) is 4.32. The molecule has 0 bridgehead atoms. The van der Waals surface area contributed by atoms with Gasteiger partial charge >= 0.3 is 0 Å². The van der Waals surface area contributed by atoms with Crippen LogP contribution in [0.3, 0.4) is 0 Å². The highest BCUT2D eigenvalue weighted by Crippen LogP contribution is 2.42. The van der Waals surface area contributed by atoms with Crippen molar-refractivity contribution in [2.75, 3.05) is 11.9 Å². The van der Waals surface area contributed by atoms with Gasteiger partial charge in [0.1, 0.15) is 17.4 Å². The van der Waals surface area contributed by atoms with Gasteiger partial charge in [-0.3, -0.25) is 0 Å². The van der Waals surface area contributed by atoms with Crippen LogP contribution in [0.2, 0.25) is 0 Å². The molecule has 0 saturated heterocycles. The van der Waals surface area contributed by atoms with Crippen molar-refractivity contribution in [3.05, 3.63) is 90.5 Å². The Morgan fingerprint density at radius 3 is 2.12 bits per heavy atom. The molecule has 0 saturated carbocycles. The van der Waals surface area contributed by atoms with E-state index in [4.69, 9.17) is 14.1 Å². The van der Waals surface area contributed by atoms with E-state index in [1.807, 2.05) is 91.9 Å². The molecule has 5 aromatic rings. The molecule has 0 aliphatic heterocycles. The van der Waals surface area contributed by atoms with Crippen LogP contribution in [-0.2, 0) is 0 Å².